The number of fused-ring (bicyclic) bond motifs is 1. The Labute approximate surface area is 133 Å². The molecule has 0 aliphatic carbocycles. The third-order valence-electron chi connectivity index (χ3n) is 4.50. The zero-order chi connectivity index (χ0) is 15.9. The zero-order valence-electron chi connectivity index (χ0n) is 12.3. The molecule has 0 bridgehead atoms. The predicted octanol–water partition coefficient (Wildman–Crippen LogP) is 2.36. The smallest absolute Gasteiger partial charge is 0.311 e. The Balaban J connectivity index is 1.72. The van der Waals surface area contributed by atoms with Gasteiger partial charge in [-0.15, -0.1) is 0 Å². The highest BCUT2D eigenvalue weighted by molar-refractivity contribution is 6.30. The van der Waals surface area contributed by atoms with Gasteiger partial charge in [0.2, 0.25) is 0 Å². The number of piperidine rings is 1. The van der Waals surface area contributed by atoms with Crippen LogP contribution in [0.1, 0.15) is 25.3 Å². The Morgan fingerprint density at radius 3 is 2.95 bits per heavy atom. The van der Waals surface area contributed by atoms with Crippen molar-refractivity contribution in [2.24, 2.45) is 5.41 Å². The van der Waals surface area contributed by atoms with Crippen LogP contribution in [0, 0.1) is 5.41 Å². The number of hydrogen-bond acceptors (Lipinski definition) is 3. The molecule has 0 spiro atoms. The van der Waals surface area contributed by atoms with Crippen LogP contribution in [0.2, 0.25) is 5.02 Å². The molecule has 6 heteroatoms. The lowest BCUT2D eigenvalue weighted by Crippen LogP contribution is -2.51. The topological polar surface area (TPSA) is 66.8 Å². The van der Waals surface area contributed by atoms with Crippen LogP contribution in [0.4, 0.5) is 0 Å². The van der Waals surface area contributed by atoms with Crippen molar-refractivity contribution in [3.8, 4) is 5.75 Å². The molecule has 3 rings (SSSR count). The summed E-state index contributed by atoms with van der Waals surface area (Å²) in [6, 6.07) is 5.31. The van der Waals surface area contributed by atoms with Gasteiger partial charge >= 0.3 is 5.97 Å². The van der Waals surface area contributed by atoms with E-state index in [9.17, 15) is 14.7 Å². The van der Waals surface area contributed by atoms with Crippen molar-refractivity contribution < 1.29 is 19.4 Å². The lowest BCUT2D eigenvalue weighted by atomic mass is 9.82. The van der Waals surface area contributed by atoms with E-state index in [-0.39, 0.29) is 12.5 Å². The highest BCUT2D eigenvalue weighted by Crippen LogP contribution is 2.34. The van der Waals surface area contributed by atoms with Gasteiger partial charge in [-0.1, -0.05) is 11.6 Å². The molecular weight excluding hydrogens is 306 g/mol. The van der Waals surface area contributed by atoms with Gasteiger partial charge in [-0.2, -0.15) is 0 Å². The molecule has 0 aromatic heterocycles. The molecular formula is C16H18ClNO4. The second-order valence-electron chi connectivity index (χ2n) is 6.29. The summed E-state index contributed by atoms with van der Waals surface area (Å²) in [5.74, 6) is -0.312. The van der Waals surface area contributed by atoms with Gasteiger partial charge in [-0.05, 0) is 43.5 Å². The normalized spacial score (nSPS) is 27.2. The van der Waals surface area contributed by atoms with Gasteiger partial charge in [0.05, 0.1) is 5.41 Å². The Hall–Kier alpha value is -1.75. The maximum Gasteiger partial charge on any atom is 0.311 e. The summed E-state index contributed by atoms with van der Waals surface area (Å²) in [7, 11) is 0. The average Bonchev–Trinajstić information content (AvgIpc) is 2.89. The number of amides is 1. The van der Waals surface area contributed by atoms with Crippen molar-refractivity contribution in [3.05, 3.63) is 28.8 Å². The van der Waals surface area contributed by atoms with Gasteiger partial charge in [0, 0.05) is 24.5 Å². The minimum absolute atomic E-state index is 0.139. The molecule has 2 atom stereocenters. The fourth-order valence-electron chi connectivity index (χ4n) is 3.16. The van der Waals surface area contributed by atoms with E-state index in [2.05, 4.69) is 0 Å². The van der Waals surface area contributed by atoms with Crippen LogP contribution in [0.3, 0.4) is 0 Å². The standard InChI is InChI=1S/C16H18ClNO4/c1-16(15(20)21)5-2-6-18(9-16)14(19)13-8-10-7-11(17)3-4-12(10)22-13/h3-4,7,13H,2,5-6,8-9H2,1H3,(H,20,21). The van der Waals surface area contributed by atoms with Crippen LogP contribution in [0.15, 0.2) is 18.2 Å². The number of benzene rings is 1. The first kappa shape index (κ1) is 15.2. The number of carboxylic acid groups (broad SMARTS) is 1. The van der Waals surface area contributed by atoms with Crippen molar-refractivity contribution in [3.63, 3.8) is 0 Å². The Bertz CT molecular complexity index is 633. The van der Waals surface area contributed by atoms with Crippen molar-refractivity contribution in [2.45, 2.75) is 32.3 Å². The number of halogens is 1. The monoisotopic (exact) mass is 323 g/mol. The maximum absolute atomic E-state index is 12.6. The Morgan fingerprint density at radius 2 is 2.23 bits per heavy atom. The van der Waals surface area contributed by atoms with Crippen molar-refractivity contribution in [1.29, 1.82) is 0 Å². The van der Waals surface area contributed by atoms with Crippen LogP contribution < -0.4 is 4.74 Å². The number of hydrogen-bond donors (Lipinski definition) is 1. The third-order valence-corrected chi connectivity index (χ3v) is 4.73. The first-order valence-electron chi connectivity index (χ1n) is 7.36. The summed E-state index contributed by atoms with van der Waals surface area (Å²) in [6.07, 6.45) is 1.19. The van der Waals surface area contributed by atoms with E-state index in [0.717, 1.165) is 5.56 Å². The maximum atomic E-state index is 12.6. The molecule has 5 nitrogen and oxygen atoms in total. The summed E-state index contributed by atoms with van der Waals surface area (Å²) in [5, 5.41) is 9.97. The minimum atomic E-state index is -0.872. The van der Waals surface area contributed by atoms with Gasteiger partial charge in [0.15, 0.2) is 6.10 Å². The molecule has 118 valence electrons. The SMILES string of the molecule is CC1(C(=O)O)CCCN(C(=O)C2Cc3cc(Cl)ccc3O2)C1. The van der Waals surface area contributed by atoms with Crippen molar-refractivity contribution >= 4 is 23.5 Å². The number of carbonyl (C=O) groups excluding carboxylic acids is 1. The van der Waals surface area contributed by atoms with Gasteiger partial charge in [0.25, 0.3) is 5.91 Å². The van der Waals surface area contributed by atoms with Crippen LogP contribution in [0.25, 0.3) is 0 Å². The molecule has 1 saturated heterocycles. The zero-order valence-corrected chi connectivity index (χ0v) is 13.1. The van der Waals surface area contributed by atoms with Crippen LogP contribution in [-0.4, -0.2) is 41.1 Å². The van der Waals surface area contributed by atoms with E-state index >= 15 is 0 Å². The number of likely N-dealkylation sites (tertiary alicyclic amines) is 1. The lowest BCUT2D eigenvalue weighted by molar-refractivity contribution is -0.155. The van der Waals surface area contributed by atoms with Crippen LogP contribution >= 0.6 is 11.6 Å². The molecule has 22 heavy (non-hydrogen) atoms. The number of ether oxygens (including phenoxy) is 1. The number of carboxylic acids is 1. The molecule has 2 heterocycles. The van der Waals surface area contributed by atoms with Gasteiger partial charge in [-0.3, -0.25) is 9.59 Å². The average molecular weight is 324 g/mol. The first-order chi connectivity index (χ1) is 10.4. The fourth-order valence-corrected chi connectivity index (χ4v) is 3.36. The first-order valence-corrected chi connectivity index (χ1v) is 7.74. The van der Waals surface area contributed by atoms with E-state index < -0.39 is 17.5 Å². The summed E-state index contributed by atoms with van der Waals surface area (Å²) in [6.45, 7) is 2.51. The Morgan fingerprint density at radius 1 is 1.45 bits per heavy atom. The van der Waals surface area contributed by atoms with Gasteiger partial charge in [-0.25, -0.2) is 0 Å². The quantitative estimate of drug-likeness (QED) is 0.907. The summed E-state index contributed by atoms with van der Waals surface area (Å²) in [4.78, 5) is 25.7. The van der Waals surface area contributed by atoms with E-state index in [1.165, 1.54) is 0 Å². The molecule has 2 unspecified atom stereocenters. The third kappa shape index (κ3) is 2.65. The Kier molecular flexibility index (Phi) is 3.77. The molecule has 1 fully saturated rings. The number of aliphatic carboxylic acids is 1. The van der Waals surface area contributed by atoms with E-state index in [1.807, 2.05) is 6.07 Å². The molecule has 2 aliphatic rings. The molecule has 0 radical (unpaired) electrons. The van der Waals surface area contributed by atoms with Crippen LogP contribution in [0.5, 0.6) is 5.75 Å². The molecule has 1 N–H and O–H groups in total. The fraction of sp³-hybridized carbons (Fsp3) is 0.500. The van der Waals surface area contributed by atoms with E-state index in [1.54, 1.807) is 24.0 Å². The highest BCUT2D eigenvalue weighted by Gasteiger charge is 2.42. The predicted molar refractivity (Wildman–Crippen MR) is 81.1 cm³/mol. The summed E-state index contributed by atoms with van der Waals surface area (Å²) < 4.78 is 5.71. The summed E-state index contributed by atoms with van der Waals surface area (Å²) >= 11 is 5.96. The number of rotatable bonds is 2. The van der Waals surface area contributed by atoms with Crippen molar-refractivity contribution in [2.75, 3.05) is 13.1 Å². The molecule has 2 aliphatic heterocycles. The van der Waals surface area contributed by atoms with Gasteiger partial charge < -0.3 is 14.7 Å². The van der Waals surface area contributed by atoms with Crippen LogP contribution in [-0.2, 0) is 16.0 Å². The molecule has 0 saturated carbocycles. The number of nitrogens with zero attached hydrogens (tertiary/aromatic N) is 1. The molecule has 1 aromatic carbocycles. The lowest BCUT2D eigenvalue weighted by Gasteiger charge is -2.38. The minimum Gasteiger partial charge on any atom is -0.481 e. The van der Waals surface area contributed by atoms with Gasteiger partial charge in [0.1, 0.15) is 5.75 Å². The largest absolute Gasteiger partial charge is 0.481 e. The second kappa shape index (κ2) is 5.47. The second-order valence-corrected chi connectivity index (χ2v) is 6.73. The highest BCUT2D eigenvalue weighted by atomic mass is 35.5. The molecule has 1 amide bonds. The van der Waals surface area contributed by atoms with E-state index in [4.69, 9.17) is 16.3 Å². The summed E-state index contributed by atoms with van der Waals surface area (Å²) in [5.41, 5.74) is 0.0479. The van der Waals surface area contributed by atoms with E-state index in [0.29, 0.717) is 36.6 Å². The molecule has 1 aromatic rings. The van der Waals surface area contributed by atoms with Crippen molar-refractivity contribution in [1.82, 2.24) is 4.90 Å². The number of carbonyl (C=O) groups is 2.